The van der Waals surface area contributed by atoms with Crippen LogP contribution in [0.15, 0.2) is 15.6 Å². The Morgan fingerprint density at radius 1 is 1.50 bits per heavy atom. The lowest BCUT2D eigenvalue weighted by molar-refractivity contribution is 0.0943. The summed E-state index contributed by atoms with van der Waals surface area (Å²) in [7, 11) is -0.832. The Bertz CT molecular complexity index is 631. The molecule has 1 fully saturated rings. The lowest BCUT2D eigenvalue weighted by atomic mass is 10.00. The normalized spacial score (nSPS) is 19.4. The molecule has 8 heteroatoms. The van der Waals surface area contributed by atoms with E-state index in [9.17, 15) is 13.2 Å². The first-order valence-electron chi connectivity index (χ1n) is 7.34. The number of hydrogen-bond acceptors (Lipinski definition) is 5. The first kappa shape index (κ1) is 17.0. The quantitative estimate of drug-likeness (QED) is 0.824. The van der Waals surface area contributed by atoms with Crippen LogP contribution in [0.1, 0.15) is 29.0 Å². The van der Waals surface area contributed by atoms with Crippen LogP contribution in [0.5, 0.6) is 0 Å². The van der Waals surface area contributed by atoms with Gasteiger partial charge in [0.05, 0.1) is 5.56 Å². The van der Waals surface area contributed by atoms with E-state index in [-0.39, 0.29) is 16.6 Å². The molecule has 0 bridgehead atoms. The molecule has 2 rings (SSSR count). The van der Waals surface area contributed by atoms with Gasteiger partial charge >= 0.3 is 0 Å². The molecule has 124 valence electrons. The molecule has 2 heterocycles. The van der Waals surface area contributed by atoms with E-state index in [1.807, 2.05) is 0 Å². The van der Waals surface area contributed by atoms with Crippen LogP contribution in [-0.2, 0) is 10.0 Å². The van der Waals surface area contributed by atoms with Crippen LogP contribution < -0.4 is 10.6 Å². The topological polar surface area (TPSA) is 91.7 Å². The number of nitrogens with zero attached hydrogens (tertiary/aromatic N) is 1. The molecule has 1 aromatic rings. The Balaban J connectivity index is 2.05. The summed E-state index contributed by atoms with van der Waals surface area (Å²) in [5.41, 5.74) is 0.268. The van der Waals surface area contributed by atoms with Gasteiger partial charge in [0.2, 0.25) is 5.09 Å². The Kier molecular flexibility index (Phi) is 5.25. The average molecular weight is 329 g/mol. The summed E-state index contributed by atoms with van der Waals surface area (Å²) < 4.78 is 30.3. The van der Waals surface area contributed by atoms with Crippen LogP contribution in [-0.4, -0.2) is 52.4 Å². The third kappa shape index (κ3) is 3.68. The highest BCUT2D eigenvalue weighted by atomic mass is 32.2. The van der Waals surface area contributed by atoms with Crippen LogP contribution in [0.3, 0.4) is 0 Å². The van der Waals surface area contributed by atoms with E-state index in [0.717, 1.165) is 30.2 Å². The van der Waals surface area contributed by atoms with Crippen molar-refractivity contribution in [3.05, 3.63) is 17.4 Å². The molecular weight excluding hydrogens is 306 g/mol. The van der Waals surface area contributed by atoms with Crippen LogP contribution >= 0.6 is 0 Å². The monoisotopic (exact) mass is 329 g/mol. The largest absolute Gasteiger partial charge is 0.448 e. The highest BCUT2D eigenvalue weighted by Crippen LogP contribution is 2.21. The average Bonchev–Trinajstić information content (AvgIpc) is 2.88. The number of nitrogens with one attached hydrogen (secondary N) is 2. The highest BCUT2D eigenvalue weighted by molar-refractivity contribution is 7.88. The smallest absolute Gasteiger partial charge is 0.275 e. The third-order valence-corrected chi connectivity index (χ3v) is 5.50. The Morgan fingerprint density at radius 2 is 2.23 bits per heavy atom. The van der Waals surface area contributed by atoms with Crippen molar-refractivity contribution in [2.45, 2.75) is 24.9 Å². The molecular formula is C14H23N3O4S. The molecule has 1 saturated heterocycles. The molecule has 22 heavy (non-hydrogen) atoms. The Hall–Kier alpha value is -1.38. The van der Waals surface area contributed by atoms with E-state index >= 15 is 0 Å². The zero-order valence-corrected chi connectivity index (χ0v) is 14.0. The zero-order chi connectivity index (χ0) is 16.3. The SMILES string of the molecule is Cc1oc(S(=O)(=O)N(C)C)cc1C(=O)NCC1CCCNC1. The van der Waals surface area contributed by atoms with Gasteiger partial charge in [0, 0.05) is 26.7 Å². The maximum atomic E-state index is 12.2. The molecule has 0 radical (unpaired) electrons. The van der Waals surface area contributed by atoms with Gasteiger partial charge < -0.3 is 15.1 Å². The van der Waals surface area contributed by atoms with E-state index < -0.39 is 10.0 Å². The van der Waals surface area contributed by atoms with E-state index in [0.29, 0.717) is 18.2 Å². The summed E-state index contributed by atoms with van der Waals surface area (Å²) in [5.74, 6) is 0.418. The predicted molar refractivity (Wildman–Crippen MR) is 82.2 cm³/mol. The molecule has 7 nitrogen and oxygen atoms in total. The van der Waals surface area contributed by atoms with E-state index in [2.05, 4.69) is 10.6 Å². The minimum absolute atomic E-state index is 0.209. The fraction of sp³-hybridized carbons (Fsp3) is 0.643. The lowest BCUT2D eigenvalue weighted by Crippen LogP contribution is -2.38. The Morgan fingerprint density at radius 3 is 2.82 bits per heavy atom. The Labute approximate surface area is 131 Å². The van der Waals surface area contributed by atoms with Crippen molar-refractivity contribution in [1.82, 2.24) is 14.9 Å². The lowest BCUT2D eigenvalue weighted by Gasteiger charge is -2.22. The fourth-order valence-corrected chi connectivity index (χ4v) is 3.27. The predicted octanol–water partition coefficient (Wildman–Crippen LogP) is 0.568. The van der Waals surface area contributed by atoms with Crippen molar-refractivity contribution in [2.75, 3.05) is 33.7 Å². The number of carbonyl (C=O) groups is 1. The number of piperidine rings is 1. The van der Waals surface area contributed by atoms with E-state index in [4.69, 9.17) is 4.42 Å². The van der Waals surface area contributed by atoms with Gasteiger partial charge in [0.1, 0.15) is 5.76 Å². The summed E-state index contributed by atoms with van der Waals surface area (Å²) in [6.45, 7) is 4.08. The maximum absolute atomic E-state index is 12.2. The van der Waals surface area contributed by atoms with Crippen molar-refractivity contribution in [1.29, 1.82) is 0 Å². The number of amides is 1. The van der Waals surface area contributed by atoms with Gasteiger partial charge in [0.15, 0.2) is 0 Å². The molecule has 0 aliphatic carbocycles. The molecule has 0 saturated carbocycles. The minimum atomic E-state index is -3.67. The summed E-state index contributed by atoms with van der Waals surface area (Å²) in [5, 5.41) is 5.94. The first-order chi connectivity index (χ1) is 10.3. The number of carbonyl (C=O) groups excluding carboxylic acids is 1. The van der Waals surface area contributed by atoms with Gasteiger partial charge in [-0.3, -0.25) is 4.79 Å². The van der Waals surface area contributed by atoms with Gasteiger partial charge in [0.25, 0.3) is 15.9 Å². The number of hydrogen-bond donors (Lipinski definition) is 2. The van der Waals surface area contributed by atoms with Crippen molar-refractivity contribution < 1.29 is 17.6 Å². The van der Waals surface area contributed by atoms with E-state index in [1.54, 1.807) is 6.92 Å². The van der Waals surface area contributed by atoms with Crippen molar-refractivity contribution in [2.24, 2.45) is 5.92 Å². The van der Waals surface area contributed by atoms with Gasteiger partial charge in [-0.25, -0.2) is 12.7 Å². The van der Waals surface area contributed by atoms with Gasteiger partial charge in [-0.1, -0.05) is 0 Å². The number of sulfonamides is 1. The maximum Gasteiger partial charge on any atom is 0.275 e. The summed E-state index contributed by atoms with van der Waals surface area (Å²) in [6, 6.07) is 1.29. The van der Waals surface area contributed by atoms with Crippen LogP contribution in [0.25, 0.3) is 0 Å². The summed E-state index contributed by atoms with van der Waals surface area (Å²) in [6.07, 6.45) is 2.19. The standard InChI is InChI=1S/C14H23N3O4S/c1-10-12(7-13(21-10)22(19,20)17(2)3)14(18)16-9-11-5-4-6-15-8-11/h7,11,15H,4-6,8-9H2,1-3H3,(H,16,18). The molecule has 1 unspecified atom stereocenters. The molecule has 1 aromatic heterocycles. The highest BCUT2D eigenvalue weighted by Gasteiger charge is 2.26. The zero-order valence-electron chi connectivity index (χ0n) is 13.2. The van der Waals surface area contributed by atoms with Gasteiger partial charge in [-0.15, -0.1) is 0 Å². The number of aryl methyl sites for hydroxylation is 1. The van der Waals surface area contributed by atoms with Gasteiger partial charge in [-0.05, 0) is 38.8 Å². The second-order valence-corrected chi connectivity index (χ2v) is 7.83. The fourth-order valence-electron chi connectivity index (χ4n) is 2.42. The number of furan rings is 1. The minimum Gasteiger partial charge on any atom is -0.448 e. The molecule has 0 aromatic carbocycles. The van der Waals surface area contributed by atoms with E-state index in [1.165, 1.54) is 20.2 Å². The van der Waals surface area contributed by atoms with Crippen LogP contribution in [0, 0.1) is 12.8 Å². The van der Waals surface area contributed by atoms with Crippen LogP contribution in [0.2, 0.25) is 0 Å². The molecule has 1 aliphatic heterocycles. The molecule has 2 N–H and O–H groups in total. The second kappa shape index (κ2) is 6.80. The third-order valence-electron chi connectivity index (χ3n) is 3.82. The summed E-state index contributed by atoms with van der Waals surface area (Å²) >= 11 is 0. The van der Waals surface area contributed by atoms with Crippen molar-refractivity contribution in [3.8, 4) is 0 Å². The molecule has 1 amide bonds. The summed E-state index contributed by atoms with van der Waals surface area (Å²) in [4.78, 5) is 12.2. The molecule has 0 spiro atoms. The van der Waals surface area contributed by atoms with Crippen molar-refractivity contribution >= 4 is 15.9 Å². The van der Waals surface area contributed by atoms with Gasteiger partial charge in [-0.2, -0.15) is 0 Å². The van der Waals surface area contributed by atoms with Crippen LogP contribution in [0.4, 0.5) is 0 Å². The second-order valence-electron chi connectivity index (χ2n) is 5.75. The number of rotatable bonds is 5. The molecule has 1 aliphatic rings. The first-order valence-corrected chi connectivity index (χ1v) is 8.78. The molecule has 1 atom stereocenters. The van der Waals surface area contributed by atoms with Crippen molar-refractivity contribution in [3.63, 3.8) is 0 Å².